The van der Waals surface area contributed by atoms with Gasteiger partial charge in [0.15, 0.2) is 0 Å². The molecule has 3 heteroatoms. The Kier molecular flexibility index (Phi) is 3.01. The van der Waals surface area contributed by atoms with Crippen molar-refractivity contribution in [1.29, 1.82) is 0 Å². The molecule has 14 heavy (non-hydrogen) atoms. The Morgan fingerprint density at radius 2 is 1.93 bits per heavy atom. The van der Waals surface area contributed by atoms with Crippen LogP contribution in [0.1, 0.15) is 24.5 Å². The van der Waals surface area contributed by atoms with Gasteiger partial charge in [0, 0.05) is 22.6 Å². The summed E-state index contributed by atoms with van der Waals surface area (Å²) in [7, 11) is 0. The Labute approximate surface area is 94.4 Å². The van der Waals surface area contributed by atoms with E-state index in [-0.39, 0.29) is 0 Å². The number of fused-ring (bicyclic) bond motifs is 1. The van der Waals surface area contributed by atoms with Crippen LogP contribution in [0.2, 0.25) is 10.0 Å². The molecule has 1 aromatic rings. The molecule has 1 unspecified atom stereocenters. The molecule has 1 aromatic carbocycles. The summed E-state index contributed by atoms with van der Waals surface area (Å²) in [5.74, 6) is 0. The van der Waals surface area contributed by atoms with Gasteiger partial charge in [-0.05, 0) is 36.1 Å². The maximum Gasteiger partial charge on any atom is 0.0454 e. The zero-order valence-electron chi connectivity index (χ0n) is 8.11. The second kappa shape index (κ2) is 4.09. The largest absolute Gasteiger partial charge is 0.310 e. The van der Waals surface area contributed by atoms with Crippen LogP contribution in [0.15, 0.2) is 12.1 Å². The van der Waals surface area contributed by atoms with Crippen LogP contribution in [0.3, 0.4) is 0 Å². The van der Waals surface area contributed by atoms with Gasteiger partial charge in [-0.3, -0.25) is 0 Å². The Bertz CT molecular complexity index is 349. The molecule has 2 rings (SSSR count). The molecule has 76 valence electrons. The molecule has 0 fully saturated rings. The highest BCUT2D eigenvalue weighted by Gasteiger charge is 2.20. The van der Waals surface area contributed by atoms with Crippen molar-refractivity contribution in [3.8, 4) is 0 Å². The van der Waals surface area contributed by atoms with Crippen molar-refractivity contribution < 1.29 is 0 Å². The van der Waals surface area contributed by atoms with Crippen LogP contribution in [0.5, 0.6) is 0 Å². The summed E-state index contributed by atoms with van der Waals surface area (Å²) in [6.45, 7) is 3.02. The van der Waals surface area contributed by atoms with Crippen LogP contribution in [0.4, 0.5) is 0 Å². The second-order valence-corrected chi connectivity index (χ2v) is 4.49. The summed E-state index contributed by atoms with van der Waals surface area (Å²) in [6.07, 6.45) is 2.12. The second-order valence-electron chi connectivity index (χ2n) is 3.68. The summed E-state index contributed by atoms with van der Waals surface area (Å²) >= 11 is 12.3. The van der Waals surface area contributed by atoms with Gasteiger partial charge in [-0.1, -0.05) is 30.1 Å². The Hall–Kier alpha value is -0.240. The average Bonchev–Trinajstić information content (AvgIpc) is 2.23. The molecule has 0 bridgehead atoms. The van der Waals surface area contributed by atoms with Crippen molar-refractivity contribution >= 4 is 23.2 Å². The zero-order chi connectivity index (χ0) is 10.1. The van der Waals surface area contributed by atoms with E-state index in [4.69, 9.17) is 23.2 Å². The zero-order valence-corrected chi connectivity index (χ0v) is 9.62. The quantitative estimate of drug-likeness (QED) is 0.779. The third kappa shape index (κ3) is 1.77. The van der Waals surface area contributed by atoms with E-state index in [0.717, 1.165) is 29.4 Å². The minimum Gasteiger partial charge on any atom is -0.310 e. The van der Waals surface area contributed by atoms with Gasteiger partial charge in [0.25, 0.3) is 0 Å². The fourth-order valence-electron chi connectivity index (χ4n) is 1.90. The third-order valence-corrected chi connectivity index (χ3v) is 3.54. The molecule has 0 spiro atoms. The Morgan fingerprint density at radius 1 is 1.29 bits per heavy atom. The lowest BCUT2D eigenvalue weighted by molar-refractivity contribution is 0.468. The normalized spacial score (nSPS) is 20.6. The first-order chi connectivity index (χ1) is 6.72. The van der Waals surface area contributed by atoms with E-state index < -0.39 is 0 Å². The monoisotopic (exact) mass is 229 g/mol. The Balaban J connectivity index is 2.40. The van der Waals surface area contributed by atoms with E-state index in [2.05, 4.69) is 12.2 Å². The Morgan fingerprint density at radius 3 is 2.57 bits per heavy atom. The van der Waals surface area contributed by atoms with E-state index in [1.54, 1.807) is 0 Å². The molecule has 0 aromatic heterocycles. The van der Waals surface area contributed by atoms with E-state index in [1.807, 2.05) is 12.1 Å². The molecule has 1 atom stereocenters. The first-order valence-electron chi connectivity index (χ1n) is 4.91. The molecular formula is C11H13Cl2N. The van der Waals surface area contributed by atoms with Crippen LogP contribution >= 0.6 is 23.2 Å². The van der Waals surface area contributed by atoms with Crippen LogP contribution < -0.4 is 5.32 Å². The first kappa shape index (κ1) is 10.3. The fourth-order valence-corrected chi connectivity index (χ4v) is 2.40. The van der Waals surface area contributed by atoms with Crippen LogP contribution in [-0.2, 0) is 13.0 Å². The van der Waals surface area contributed by atoms with Crippen molar-refractivity contribution in [3.63, 3.8) is 0 Å². The molecule has 1 heterocycles. The number of rotatable bonds is 1. The van der Waals surface area contributed by atoms with E-state index >= 15 is 0 Å². The van der Waals surface area contributed by atoms with Gasteiger partial charge in [-0.2, -0.15) is 0 Å². The fraction of sp³-hybridized carbons (Fsp3) is 0.455. The summed E-state index contributed by atoms with van der Waals surface area (Å²) in [5.41, 5.74) is 2.40. The van der Waals surface area contributed by atoms with Crippen LogP contribution in [0.25, 0.3) is 0 Å². The van der Waals surface area contributed by atoms with Gasteiger partial charge in [-0.25, -0.2) is 0 Å². The highest BCUT2D eigenvalue weighted by molar-refractivity contribution is 6.34. The maximum atomic E-state index is 6.15. The number of hydrogen-bond acceptors (Lipinski definition) is 1. The molecule has 1 N–H and O–H groups in total. The molecule has 0 amide bonds. The van der Waals surface area contributed by atoms with Crippen molar-refractivity contribution in [2.75, 3.05) is 0 Å². The number of halogens is 2. The highest BCUT2D eigenvalue weighted by atomic mass is 35.5. The topological polar surface area (TPSA) is 12.0 Å². The smallest absolute Gasteiger partial charge is 0.0454 e. The van der Waals surface area contributed by atoms with Gasteiger partial charge in [0.2, 0.25) is 0 Å². The third-order valence-electron chi connectivity index (χ3n) is 2.83. The minimum atomic E-state index is 0.540. The molecule has 0 saturated heterocycles. The lowest BCUT2D eigenvalue weighted by atomic mass is 9.94. The predicted molar refractivity (Wildman–Crippen MR) is 61.1 cm³/mol. The van der Waals surface area contributed by atoms with Gasteiger partial charge >= 0.3 is 0 Å². The molecule has 0 radical (unpaired) electrons. The van der Waals surface area contributed by atoms with Gasteiger partial charge in [0.1, 0.15) is 0 Å². The predicted octanol–water partition coefficient (Wildman–Crippen LogP) is 3.42. The van der Waals surface area contributed by atoms with Crippen molar-refractivity contribution in [1.82, 2.24) is 5.32 Å². The minimum absolute atomic E-state index is 0.540. The molecule has 1 nitrogen and oxygen atoms in total. The highest BCUT2D eigenvalue weighted by Crippen LogP contribution is 2.30. The van der Waals surface area contributed by atoms with Crippen molar-refractivity contribution in [2.24, 2.45) is 0 Å². The van der Waals surface area contributed by atoms with Crippen LogP contribution in [-0.4, -0.2) is 6.04 Å². The number of nitrogens with one attached hydrogen (secondary N) is 1. The molecule has 0 saturated carbocycles. The lowest BCUT2D eigenvalue weighted by Gasteiger charge is -2.26. The van der Waals surface area contributed by atoms with Crippen molar-refractivity contribution in [2.45, 2.75) is 32.4 Å². The molecular weight excluding hydrogens is 217 g/mol. The van der Waals surface area contributed by atoms with E-state index in [1.165, 1.54) is 11.1 Å². The summed E-state index contributed by atoms with van der Waals surface area (Å²) in [6, 6.07) is 4.30. The first-order valence-corrected chi connectivity index (χ1v) is 5.67. The SMILES string of the molecule is CCC1Cc2c(Cl)ccc(Cl)c2CN1. The summed E-state index contributed by atoms with van der Waals surface area (Å²) < 4.78 is 0. The molecule has 0 aliphatic carbocycles. The van der Waals surface area contributed by atoms with E-state index in [9.17, 15) is 0 Å². The number of hydrogen-bond donors (Lipinski definition) is 1. The van der Waals surface area contributed by atoms with E-state index in [0.29, 0.717) is 6.04 Å². The number of benzene rings is 1. The summed E-state index contributed by atoms with van der Waals surface area (Å²) in [4.78, 5) is 0. The maximum absolute atomic E-state index is 6.15. The van der Waals surface area contributed by atoms with Gasteiger partial charge in [-0.15, -0.1) is 0 Å². The molecule has 1 aliphatic heterocycles. The van der Waals surface area contributed by atoms with Gasteiger partial charge < -0.3 is 5.32 Å². The lowest BCUT2D eigenvalue weighted by Crippen LogP contribution is -2.35. The van der Waals surface area contributed by atoms with Gasteiger partial charge in [0.05, 0.1) is 0 Å². The van der Waals surface area contributed by atoms with Crippen molar-refractivity contribution in [3.05, 3.63) is 33.3 Å². The van der Waals surface area contributed by atoms with Crippen LogP contribution in [0, 0.1) is 0 Å². The standard InChI is InChI=1S/C11H13Cl2N/c1-2-7-5-8-9(6-14-7)11(13)4-3-10(8)12/h3-4,7,14H,2,5-6H2,1H3. The molecule has 1 aliphatic rings. The summed E-state index contributed by atoms with van der Waals surface area (Å²) in [5, 5.41) is 5.13. The average molecular weight is 230 g/mol.